The van der Waals surface area contributed by atoms with Crippen LogP contribution in [0.4, 0.5) is 5.95 Å². The number of hydrogen-bond donors (Lipinski definition) is 1. The van der Waals surface area contributed by atoms with Crippen LogP contribution >= 0.6 is 35.0 Å². The summed E-state index contributed by atoms with van der Waals surface area (Å²) in [5.74, 6) is 0.537. The van der Waals surface area contributed by atoms with Crippen LogP contribution in [0.25, 0.3) is 0 Å². The van der Waals surface area contributed by atoms with Gasteiger partial charge in [0, 0.05) is 12.1 Å². The third kappa shape index (κ3) is 2.53. The number of anilines is 1. The first kappa shape index (κ1) is 16.0. The van der Waals surface area contributed by atoms with Gasteiger partial charge in [0.25, 0.3) is 0 Å². The van der Waals surface area contributed by atoms with E-state index in [1.165, 1.54) is 11.8 Å². The minimum absolute atomic E-state index is 0.197. The van der Waals surface area contributed by atoms with Gasteiger partial charge < -0.3 is 5.32 Å². The lowest BCUT2D eigenvalue weighted by Crippen LogP contribution is -2.38. The molecule has 1 aromatic heterocycles. The number of hydrogen-bond acceptors (Lipinski definition) is 5. The van der Waals surface area contributed by atoms with Crippen LogP contribution in [0.2, 0.25) is 10.0 Å². The highest BCUT2D eigenvalue weighted by atomic mass is 35.5. The molecule has 24 heavy (non-hydrogen) atoms. The molecular formula is C16H14Cl2N4OS. The van der Waals surface area contributed by atoms with Gasteiger partial charge in [-0.05, 0) is 30.4 Å². The van der Waals surface area contributed by atoms with Gasteiger partial charge in [0.15, 0.2) is 0 Å². The predicted octanol–water partition coefficient (Wildman–Crippen LogP) is 4.18. The maximum absolute atomic E-state index is 12.6. The Labute approximate surface area is 153 Å². The molecule has 0 amide bonds. The first-order valence-electron chi connectivity index (χ1n) is 7.53. The predicted molar refractivity (Wildman–Crippen MR) is 95.8 cm³/mol. The zero-order valence-corrected chi connectivity index (χ0v) is 15.1. The first-order chi connectivity index (χ1) is 11.6. The van der Waals surface area contributed by atoms with Crippen LogP contribution < -0.4 is 5.32 Å². The summed E-state index contributed by atoms with van der Waals surface area (Å²) in [5, 5.41) is 9.44. The van der Waals surface area contributed by atoms with Crippen LogP contribution in [0, 0.1) is 5.92 Å². The van der Waals surface area contributed by atoms with Crippen molar-refractivity contribution in [3.8, 4) is 0 Å². The molecule has 8 heteroatoms. The molecule has 1 N–H and O–H groups in total. The molecule has 0 saturated carbocycles. The first-order valence-corrected chi connectivity index (χ1v) is 9.52. The fraction of sp³-hybridized carbons (Fsp3) is 0.312. The standard InChI is InChI=1S/C16H14Cl2N4OS/c1-24-16-20-15-19-11-3-2-4-12(23)13(11)14(22(15)21-16)8-5-6-9(17)10(18)7-8/h3,5-7,13-14H,2,4H2,1H3,(H,19,20,21)/t13-,14-/m0/s1. The van der Waals surface area contributed by atoms with E-state index in [1.807, 2.05) is 18.4 Å². The summed E-state index contributed by atoms with van der Waals surface area (Å²) in [4.78, 5) is 17.1. The SMILES string of the molecule is CSc1nc2n(n1)[C@@H](c1ccc(Cl)c(Cl)c1)[C@@H]1C(=O)CCC=C1N2. The molecule has 0 bridgehead atoms. The Morgan fingerprint density at radius 1 is 1.33 bits per heavy atom. The smallest absolute Gasteiger partial charge is 0.227 e. The van der Waals surface area contributed by atoms with Gasteiger partial charge in [0.2, 0.25) is 11.1 Å². The van der Waals surface area contributed by atoms with E-state index in [9.17, 15) is 4.79 Å². The Bertz CT molecular complexity index is 864. The molecule has 1 aliphatic heterocycles. The number of nitrogens with zero attached hydrogens (tertiary/aromatic N) is 3. The van der Waals surface area contributed by atoms with Gasteiger partial charge in [-0.15, -0.1) is 5.10 Å². The number of benzene rings is 1. The molecule has 4 rings (SSSR count). The van der Waals surface area contributed by atoms with Gasteiger partial charge in [0.05, 0.1) is 22.0 Å². The number of Topliss-reactive ketones (excluding diaryl/α,β-unsaturated/α-hetero) is 1. The number of fused-ring (bicyclic) bond motifs is 2. The number of carbonyl (C=O) groups is 1. The van der Waals surface area contributed by atoms with Crippen molar-refractivity contribution in [2.24, 2.45) is 5.92 Å². The molecule has 2 heterocycles. The Morgan fingerprint density at radius 2 is 2.17 bits per heavy atom. The van der Waals surface area contributed by atoms with Crippen LogP contribution in [0.3, 0.4) is 0 Å². The maximum atomic E-state index is 12.6. The van der Waals surface area contributed by atoms with Gasteiger partial charge in [-0.2, -0.15) is 4.98 Å². The summed E-state index contributed by atoms with van der Waals surface area (Å²) >= 11 is 13.7. The highest BCUT2D eigenvalue weighted by molar-refractivity contribution is 7.98. The number of allylic oxidation sites excluding steroid dienone is 2. The van der Waals surface area contributed by atoms with Crippen molar-refractivity contribution in [2.45, 2.75) is 24.0 Å². The lowest BCUT2D eigenvalue weighted by Gasteiger charge is -2.36. The van der Waals surface area contributed by atoms with Gasteiger partial charge in [-0.1, -0.05) is 47.1 Å². The van der Waals surface area contributed by atoms with Crippen LogP contribution in [-0.4, -0.2) is 26.8 Å². The zero-order chi connectivity index (χ0) is 16.8. The van der Waals surface area contributed by atoms with Crippen LogP contribution in [0.15, 0.2) is 35.1 Å². The third-order valence-electron chi connectivity index (χ3n) is 4.35. The number of aromatic nitrogens is 3. The number of rotatable bonds is 2. The second-order valence-electron chi connectivity index (χ2n) is 5.75. The van der Waals surface area contributed by atoms with E-state index in [1.54, 1.807) is 10.7 Å². The highest BCUT2D eigenvalue weighted by Gasteiger charge is 2.41. The molecule has 2 atom stereocenters. The molecular weight excluding hydrogens is 367 g/mol. The van der Waals surface area contributed by atoms with E-state index in [2.05, 4.69) is 21.5 Å². The van der Waals surface area contributed by atoms with E-state index < -0.39 is 0 Å². The lowest BCUT2D eigenvalue weighted by atomic mass is 9.81. The van der Waals surface area contributed by atoms with Crippen molar-refractivity contribution in [3.63, 3.8) is 0 Å². The fourth-order valence-corrected chi connectivity index (χ4v) is 3.92. The van der Waals surface area contributed by atoms with Gasteiger partial charge in [-0.3, -0.25) is 4.79 Å². The lowest BCUT2D eigenvalue weighted by molar-refractivity contribution is -0.123. The summed E-state index contributed by atoms with van der Waals surface area (Å²) in [7, 11) is 0. The van der Waals surface area contributed by atoms with E-state index in [4.69, 9.17) is 23.2 Å². The molecule has 0 fully saturated rings. The van der Waals surface area contributed by atoms with Gasteiger partial charge in [0.1, 0.15) is 5.78 Å². The minimum atomic E-state index is -0.306. The minimum Gasteiger partial charge on any atom is -0.328 e. The monoisotopic (exact) mass is 380 g/mol. The largest absolute Gasteiger partial charge is 0.328 e. The Kier molecular flexibility index (Phi) is 4.06. The molecule has 2 aliphatic rings. The van der Waals surface area contributed by atoms with Crippen LogP contribution in [-0.2, 0) is 4.79 Å². The van der Waals surface area contributed by atoms with Crippen LogP contribution in [0.5, 0.6) is 0 Å². The number of thioether (sulfide) groups is 1. The summed E-state index contributed by atoms with van der Waals surface area (Å²) < 4.78 is 1.79. The summed E-state index contributed by atoms with van der Waals surface area (Å²) in [6.45, 7) is 0. The van der Waals surface area contributed by atoms with E-state index in [0.717, 1.165) is 17.7 Å². The second kappa shape index (κ2) is 6.10. The van der Waals surface area contributed by atoms with Crippen molar-refractivity contribution in [3.05, 3.63) is 45.6 Å². The number of ketones is 1. The summed E-state index contributed by atoms with van der Waals surface area (Å²) in [6, 6.07) is 5.19. The quantitative estimate of drug-likeness (QED) is 0.791. The Hall–Kier alpha value is -1.50. The van der Waals surface area contributed by atoms with Crippen molar-refractivity contribution in [1.29, 1.82) is 0 Å². The van der Waals surface area contributed by atoms with Crippen molar-refractivity contribution in [1.82, 2.24) is 14.8 Å². The van der Waals surface area contributed by atoms with Crippen molar-refractivity contribution < 1.29 is 4.79 Å². The van der Waals surface area contributed by atoms with Crippen LogP contribution in [0.1, 0.15) is 24.4 Å². The molecule has 124 valence electrons. The molecule has 0 unspecified atom stereocenters. The molecule has 2 aromatic rings. The van der Waals surface area contributed by atoms with Gasteiger partial charge in [-0.25, -0.2) is 4.68 Å². The third-order valence-corrected chi connectivity index (χ3v) is 5.63. The Balaban J connectivity index is 1.91. The molecule has 1 aliphatic carbocycles. The van der Waals surface area contributed by atoms with Crippen molar-refractivity contribution in [2.75, 3.05) is 11.6 Å². The van der Waals surface area contributed by atoms with Crippen molar-refractivity contribution >= 4 is 46.7 Å². The Morgan fingerprint density at radius 3 is 2.92 bits per heavy atom. The van der Waals surface area contributed by atoms with Gasteiger partial charge >= 0.3 is 0 Å². The number of halogens is 2. The molecule has 5 nitrogen and oxygen atoms in total. The normalized spacial score (nSPS) is 22.5. The average Bonchev–Trinajstić information content (AvgIpc) is 2.98. The molecule has 1 aromatic carbocycles. The van der Waals surface area contributed by atoms with E-state index >= 15 is 0 Å². The molecule has 0 saturated heterocycles. The average molecular weight is 381 g/mol. The fourth-order valence-electron chi connectivity index (χ4n) is 3.27. The summed E-state index contributed by atoms with van der Waals surface area (Å²) in [5.41, 5.74) is 1.80. The highest BCUT2D eigenvalue weighted by Crippen LogP contribution is 2.42. The zero-order valence-electron chi connectivity index (χ0n) is 12.8. The number of carbonyl (C=O) groups excluding carboxylic acids is 1. The molecule has 0 radical (unpaired) electrons. The van der Waals surface area contributed by atoms with E-state index in [0.29, 0.717) is 27.6 Å². The second-order valence-corrected chi connectivity index (χ2v) is 7.34. The molecule has 0 spiro atoms. The maximum Gasteiger partial charge on any atom is 0.227 e. The topological polar surface area (TPSA) is 59.8 Å². The van der Waals surface area contributed by atoms with E-state index in [-0.39, 0.29) is 17.7 Å². The summed E-state index contributed by atoms with van der Waals surface area (Å²) in [6.07, 6.45) is 5.28. The number of nitrogens with one attached hydrogen (secondary N) is 1.